The lowest BCUT2D eigenvalue weighted by Crippen LogP contribution is -2.24. The Labute approximate surface area is 103 Å². The van der Waals surface area contributed by atoms with Gasteiger partial charge in [0.1, 0.15) is 12.2 Å². The van der Waals surface area contributed by atoms with Gasteiger partial charge in [0.15, 0.2) is 0 Å². The molecule has 0 aliphatic carbocycles. The zero-order chi connectivity index (χ0) is 12.8. The molecule has 1 aromatic heterocycles. The second-order valence-electron chi connectivity index (χ2n) is 5.13. The average molecular weight is 240 g/mol. The van der Waals surface area contributed by atoms with Crippen molar-refractivity contribution in [3.8, 4) is 0 Å². The summed E-state index contributed by atoms with van der Waals surface area (Å²) in [6, 6.07) is 0. The molecule has 0 bridgehead atoms. The highest BCUT2D eigenvalue weighted by Gasteiger charge is 2.09. The van der Waals surface area contributed by atoms with Crippen molar-refractivity contribution in [3.63, 3.8) is 0 Å². The number of hydrogen-bond acceptors (Lipinski definition) is 4. The summed E-state index contributed by atoms with van der Waals surface area (Å²) in [5.41, 5.74) is 0. The Morgan fingerprint density at radius 3 is 2.71 bits per heavy atom. The third kappa shape index (κ3) is 5.28. The molecule has 0 aliphatic rings. The lowest BCUT2D eigenvalue weighted by atomic mass is 10.2. The number of aliphatic hydroxyl groups excluding tert-OH is 1. The SMILES string of the molecule is CC(C)Cn1ncnc1CN(C)CCC(C)O. The van der Waals surface area contributed by atoms with E-state index in [-0.39, 0.29) is 6.10 Å². The van der Waals surface area contributed by atoms with E-state index in [1.54, 1.807) is 6.33 Å². The van der Waals surface area contributed by atoms with Crippen LogP contribution in [0.15, 0.2) is 6.33 Å². The molecule has 98 valence electrons. The first-order valence-electron chi connectivity index (χ1n) is 6.22. The van der Waals surface area contributed by atoms with E-state index >= 15 is 0 Å². The van der Waals surface area contributed by atoms with E-state index < -0.39 is 0 Å². The Balaban J connectivity index is 2.47. The predicted molar refractivity (Wildman–Crippen MR) is 67.5 cm³/mol. The van der Waals surface area contributed by atoms with Gasteiger partial charge in [-0.05, 0) is 26.3 Å². The van der Waals surface area contributed by atoms with Crippen molar-refractivity contribution in [2.45, 2.75) is 46.4 Å². The van der Waals surface area contributed by atoms with Crippen LogP contribution in [-0.2, 0) is 13.1 Å². The molecular weight excluding hydrogens is 216 g/mol. The quantitative estimate of drug-likeness (QED) is 0.776. The van der Waals surface area contributed by atoms with Gasteiger partial charge in [-0.15, -0.1) is 0 Å². The Morgan fingerprint density at radius 1 is 1.41 bits per heavy atom. The molecule has 0 aromatic carbocycles. The van der Waals surface area contributed by atoms with E-state index in [4.69, 9.17) is 0 Å². The first-order chi connectivity index (χ1) is 7.99. The smallest absolute Gasteiger partial charge is 0.141 e. The van der Waals surface area contributed by atoms with Crippen LogP contribution in [0, 0.1) is 5.92 Å². The molecule has 0 amide bonds. The van der Waals surface area contributed by atoms with Crippen molar-refractivity contribution in [1.82, 2.24) is 19.7 Å². The van der Waals surface area contributed by atoms with E-state index in [0.717, 1.165) is 31.9 Å². The van der Waals surface area contributed by atoms with E-state index in [9.17, 15) is 5.11 Å². The van der Waals surface area contributed by atoms with Crippen molar-refractivity contribution >= 4 is 0 Å². The Morgan fingerprint density at radius 2 is 2.12 bits per heavy atom. The molecule has 1 unspecified atom stereocenters. The van der Waals surface area contributed by atoms with E-state index in [0.29, 0.717) is 5.92 Å². The third-order valence-electron chi connectivity index (χ3n) is 2.57. The van der Waals surface area contributed by atoms with Gasteiger partial charge in [0.25, 0.3) is 0 Å². The fourth-order valence-corrected chi connectivity index (χ4v) is 1.64. The summed E-state index contributed by atoms with van der Waals surface area (Å²) in [6.45, 7) is 8.70. The van der Waals surface area contributed by atoms with Crippen molar-refractivity contribution in [3.05, 3.63) is 12.2 Å². The molecule has 1 atom stereocenters. The molecule has 0 saturated heterocycles. The van der Waals surface area contributed by atoms with Gasteiger partial charge in [0, 0.05) is 13.1 Å². The zero-order valence-corrected chi connectivity index (χ0v) is 11.3. The van der Waals surface area contributed by atoms with Crippen molar-refractivity contribution in [1.29, 1.82) is 0 Å². The first-order valence-corrected chi connectivity index (χ1v) is 6.22. The van der Waals surface area contributed by atoms with Crippen LogP contribution in [0.5, 0.6) is 0 Å². The molecule has 0 saturated carbocycles. The topological polar surface area (TPSA) is 54.2 Å². The average Bonchev–Trinajstić information content (AvgIpc) is 2.62. The summed E-state index contributed by atoms with van der Waals surface area (Å²) in [5.74, 6) is 1.56. The van der Waals surface area contributed by atoms with Crippen LogP contribution in [0.4, 0.5) is 0 Å². The highest BCUT2D eigenvalue weighted by molar-refractivity contribution is 4.84. The summed E-state index contributed by atoms with van der Waals surface area (Å²) in [6.07, 6.45) is 2.15. The van der Waals surface area contributed by atoms with Crippen molar-refractivity contribution in [2.24, 2.45) is 5.92 Å². The largest absolute Gasteiger partial charge is 0.393 e. The maximum atomic E-state index is 9.24. The summed E-state index contributed by atoms with van der Waals surface area (Å²) >= 11 is 0. The molecule has 1 heterocycles. The highest BCUT2D eigenvalue weighted by Crippen LogP contribution is 2.04. The first kappa shape index (κ1) is 14.1. The molecule has 17 heavy (non-hydrogen) atoms. The summed E-state index contributed by atoms with van der Waals surface area (Å²) in [7, 11) is 2.04. The van der Waals surface area contributed by atoms with Gasteiger partial charge >= 0.3 is 0 Å². The number of rotatable bonds is 7. The standard InChI is InChI=1S/C12H24N4O/c1-10(2)7-16-12(13-9-14-16)8-15(4)6-5-11(3)17/h9-11,17H,5-8H2,1-4H3. The van der Waals surface area contributed by atoms with Gasteiger partial charge in [-0.25, -0.2) is 9.67 Å². The molecule has 0 radical (unpaired) electrons. The minimum atomic E-state index is -0.244. The van der Waals surface area contributed by atoms with Crippen molar-refractivity contribution < 1.29 is 5.11 Å². The molecule has 5 heteroatoms. The van der Waals surface area contributed by atoms with Crippen LogP contribution in [0.3, 0.4) is 0 Å². The van der Waals surface area contributed by atoms with Gasteiger partial charge in [0.05, 0.1) is 12.6 Å². The molecular formula is C12H24N4O. The third-order valence-corrected chi connectivity index (χ3v) is 2.57. The molecule has 1 N–H and O–H groups in total. The maximum Gasteiger partial charge on any atom is 0.141 e. The maximum absolute atomic E-state index is 9.24. The summed E-state index contributed by atoms with van der Waals surface area (Å²) in [4.78, 5) is 6.44. The number of aromatic nitrogens is 3. The number of aliphatic hydroxyl groups is 1. The summed E-state index contributed by atoms with van der Waals surface area (Å²) < 4.78 is 1.96. The van der Waals surface area contributed by atoms with Crippen LogP contribution in [0.1, 0.15) is 33.0 Å². The Bertz CT molecular complexity index is 322. The van der Waals surface area contributed by atoms with Gasteiger partial charge in [0.2, 0.25) is 0 Å². The lowest BCUT2D eigenvalue weighted by Gasteiger charge is -2.17. The van der Waals surface area contributed by atoms with Crippen LogP contribution in [-0.4, -0.2) is 44.5 Å². The molecule has 0 aliphatic heterocycles. The predicted octanol–water partition coefficient (Wildman–Crippen LogP) is 1.14. The Kier molecular flexibility index (Phi) is 5.58. The molecule has 5 nitrogen and oxygen atoms in total. The van der Waals surface area contributed by atoms with Crippen LogP contribution in [0.25, 0.3) is 0 Å². The Hall–Kier alpha value is -0.940. The van der Waals surface area contributed by atoms with Gasteiger partial charge in [-0.1, -0.05) is 13.8 Å². The van der Waals surface area contributed by atoms with E-state index in [1.807, 2.05) is 18.7 Å². The fraction of sp³-hybridized carbons (Fsp3) is 0.833. The van der Waals surface area contributed by atoms with Crippen LogP contribution >= 0.6 is 0 Å². The number of nitrogens with zero attached hydrogens (tertiary/aromatic N) is 4. The second-order valence-corrected chi connectivity index (χ2v) is 5.13. The summed E-state index contributed by atoms with van der Waals surface area (Å²) in [5, 5.41) is 13.5. The normalized spacial score (nSPS) is 13.6. The minimum Gasteiger partial charge on any atom is -0.393 e. The molecule has 1 rings (SSSR count). The van der Waals surface area contributed by atoms with E-state index in [2.05, 4.69) is 28.8 Å². The zero-order valence-electron chi connectivity index (χ0n) is 11.3. The molecule has 1 aromatic rings. The minimum absolute atomic E-state index is 0.244. The molecule has 0 fully saturated rings. The van der Waals surface area contributed by atoms with Gasteiger partial charge < -0.3 is 5.11 Å². The van der Waals surface area contributed by atoms with Gasteiger partial charge in [-0.3, -0.25) is 4.90 Å². The molecule has 0 spiro atoms. The fourth-order valence-electron chi connectivity index (χ4n) is 1.64. The van der Waals surface area contributed by atoms with Crippen LogP contribution in [0.2, 0.25) is 0 Å². The number of hydrogen-bond donors (Lipinski definition) is 1. The van der Waals surface area contributed by atoms with E-state index in [1.165, 1.54) is 0 Å². The monoisotopic (exact) mass is 240 g/mol. The highest BCUT2D eigenvalue weighted by atomic mass is 16.3. The lowest BCUT2D eigenvalue weighted by molar-refractivity contribution is 0.161. The van der Waals surface area contributed by atoms with Gasteiger partial charge in [-0.2, -0.15) is 5.10 Å². The van der Waals surface area contributed by atoms with Crippen LogP contribution < -0.4 is 0 Å². The second kappa shape index (κ2) is 6.71. The van der Waals surface area contributed by atoms with Crippen molar-refractivity contribution in [2.75, 3.05) is 13.6 Å².